The van der Waals surface area contributed by atoms with Crippen LogP contribution in [0.3, 0.4) is 0 Å². The fraction of sp³-hybridized carbons (Fsp3) is 0.200. The van der Waals surface area contributed by atoms with E-state index in [1.165, 1.54) is 11.1 Å². The second kappa shape index (κ2) is 9.74. The number of rotatable bonds is 7. The Balaban J connectivity index is 1.76. The van der Waals surface area contributed by atoms with Gasteiger partial charge in [0.1, 0.15) is 18.1 Å². The van der Waals surface area contributed by atoms with Crippen molar-refractivity contribution in [2.45, 2.75) is 33.6 Å². The van der Waals surface area contributed by atoms with Gasteiger partial charge in [0.15, 0.2) is 0 Å². The summed E-state index contributed by atoms with van der Waals surface area (Å²) in [6.07, 6.45) is 6.50. The zero-order valence-corrected chi connectivity index (χ0v) is 19.1. The van der Waals surface area contributed by atoms with E-state index in [-0.39, 0.29) is 5.75 Å². The molecule has 0 aliphatic heterocycles. The summed E-state index contributed by atoms with van der Waals surface area (Å²) in [5, 5.41) is 15.2. The molecule has 0 spiro atoms. The average Bonchev–Trinajstić information content (AvgIpc) is 2.79. The molecule has 2 heteroatoms. The van der Waals surface area contributed by atoms with Crippen LogP contribution in [0, 0.1) is 0 Å². The minimum absolute atomic E-state index is 0.262. The largest absolute Gasteiger partial charge is 0.507 e. The molecule has 4 aromatic rings. The number of benzene rings is 4. The molecule has 162 valence electrons. The third-order valence-electron chi connectivity index (χ3n) is 5.81. The first-order chi connectivity index (χ1) is 15.5. The Morgan fingerprint density at radius 3 is 2.06 bits per heavy atom. The molecule has 1 N–H and O–H groups in total. The van der Waals surface area contributed by atoms with Crippen molar-refractivity contribution in [1.82, 2.24) is 0 Å². The summed E-state index contributed by atoms with van der Waals surface area (Å²) in [6, 6.07) is 24.3. The summed E-state index contributed by atoms with van der Waals surface area (Å²) >= 11 is 0. The monoisotopic (exact) mass is 422 g/mol. The summed E-state index contributed by atoms with van der Waals surface area (Å²) in [5.41, 5.74) is 4.43. The van der Waals surface area contributed by atoms with E-state index in [2.05, 4.69) is 63.3 Å². The minimum atomic E-state index is 0.262. The van der Waals surface area contributed by atoms with Gasteiger partial charge in [-0.25, -0.2) is 0 Å². The van der Waals surface area contributed by atoms with E-state index in [9.17, 15) is 5.11 Å². The number of phenolic OH excluding ortho intramolecular Hbond substituents is 1. The topological polar surface area (TPSA) is 29.5 Å². The van der Waals surface area contributed by atoms with Gasteiger partial charge < -0.3 is 9.84 Å². The summed E-state index contributed by atoms with van der Waals surface area (Å²) < 4.78 is 6.30. The summed E-state index contributed by atoms with van der Waals surface area (Å²) in [4.78, 5) is 0. The maximum absolute atomic E-state index is 10.9. The zero-order chi connectivity index (χ0) is 22.5. The standard InChI is InChI=1S/C30H30O2/c1-21(2)9-8-10-22(3)19-20-32-28-18-16-24-12-5-7-14-26(24)30(28)29-25-13-6-4-11-23(25)15-17-27(29)31/h4-7,9,11-19,31H,8,10,20H2,1-3H3. The van der Waals surface area contributed by atoms with Gasteiger partial charge in [-0.2, -0.15) is 0 Å². The molecule has 0 heterocycles. The Hall–Kier alpha value is -3.52. The summed E-state index contributed by atoms with van der Waals surface area (Å²) in [5.74, 6) is 1.04. The van der Waals surface area contributed by atoms with Crippen molar-refractivity contribution >= 4 is 21.5 Å². The zero-order valence-electron chi connectivity index (χ0n) is 19.1. The predicted octanol–water partition coefficient (Wildman–Crippen LogP) is 8.44. The second-order valence-electron chi connectivity index (χ2n) is 8.52. The van der Waals surface area contributed by atoms with Gasteiger partial charge >= 0.3 is 0 Å². The van der Waals surface area contributed by atoms with Crippen molar-refractivity contribution in [2.24, 2.45) is 0 Å². The van der Waals surface area contributed by atoms with Crippen molar-refractivity contribution in [3.63, 3.8) is 0 Å². The van der Waals surface area contributed by atoms with Gasteiger partial charge in [-0.3, -0.25) is 0 Å². The van der Waals surface area contributed by atoms with Gasteiger partial charge in [0.05, 0.1) is 0 Å². The third kappa shape index (κ3) is 4.70. The van der Waals surface area contributed by atoms with Gasteiger partial charge in [-0.05, 0) is 73.4 Å². The molecule has 0 aliphatic carbocycles. The van der Waals surface area contributed by atoms with E-state index < -0.39 is 0 Å². The van der Waals surface area contributed by atoms with E-state index >= 15 is 0 Å². The maximum Gasteiger partial charge on any atom is 0.128 e. The lowest BCUT2D eigenvalue weighted by Gasteiger charge is -2.17. The fourth-order valence-electron chi connectivity index (χ4n) is 4.12. The van der Waals surface area contributed by atoms with Crippen LogP contribution in [0.15, 0.2) is 96.1 Å². The normalized spacial score (nSPS) is 11.7. The smallest absolute Gasteiger partial charge is 0.128 e. The van der Waals surface area contributed by atoms with Crippen LogP contribution in [0.4, 0.5) is 0 Å². The molecule has 32 heavy (non-hydrogen) atoms. The molecular formula is C30H30O2. The first kappa shape index (κ1) is 21.7. The molecule has 0 saturated heterocycles. The lowest BCUT2D eigenvalue weighted by Crippen LogP contribution is -1.98. The molecule has 0 radical (unpaired) electrons. The molecule has 0 amide bonds. The van der Waals surface area contributed by atoms with Gasteiger partial charge in [0.25, 0.3) is 0 Å². The number of fused-ring (bicyclic) bond motifs is 2. The molecule has 4 rings (SSSR count). The highest BCUT2D eigenvalue weighted by atomic mass is 16.5. The highest BCUT2D eigenvalue weighted by molar-refractivity contribution is 6.09. The van der Waals surface area contributed by atoms with Crippen LogP contribution in [0.25, 0.3) is 32.7 Å². The number of aromatic hydroxyl groups is 1. The molecule has 0 fully saturated rings. The maximum atomic E-state index is 10.9. The first-order valence-corrected chi connectivity index (χ1v) is 11.2. The molecular weight excluding hydrogens is 392 g/mol. The Kier molecular flexibility index (Phi) is 6.61. The van der Waals surface area contributed by atoms with Crippen LogP contribution in [0.5, 0.6) is 11.5 Å². The van der Waals surface area contributed by atoms with Crippen LogP contribution >= 0.6 is 0 Å². The first-order valence-electron chi connectivity index (χ1n) is 11.2. The minimum Gasteiger partial charge on any atom is -0.507 e. The van der Waals surface area contributed by atoms with E-state index in [0.29, 0.717) is 6.61 Å². The highest BCUT2D eigenvalue weighted by Crippen LogP contribution is 2.44. The van der Waals surface area contributed by atoms with Crippen LogP contribution in [0.1, 0.15) is 33.6 Å². The van der Waals surface area contributed by atoms with Gasteiger partial charge in [-0.15, -0.1) is 0 Å². The van der Waals surface area contributed by atoms with E-state index in [1.54, 1.807) is 6.07 Å². The predicted molar refractivity (Wildman–Crippen MR) is 136 cm³/mol. The van der Waals surface area contributed by atoms with E-state index in [1.807, 2.05) is 36.4 Å². The second-order valence-corrected chi connectivity index (χ2v) is 8.52. The van der Waals surface area contributed by atoms with Crippen LogP contribution in [0.2, 0.25) is 0 Å². The third-order valence-corrected chi connectivity index (χ3v) is 5.81. The number of phenols is 1. The fourth-order valence-corrected chi connectivity index (χ4v) is 4.12. The molecule has 0 bridgehead atoms. The van der Waals surface area contributed by atoms with Crippen molar-refractivity contribution in [1.29, 1.82) is 0 Å². The highest BCUT2D eigenvalue weighted by Gasteiger charge is 2.17. The summed E-state index contributed by atoms with van der Waals surface area (Å²) in [7, 11) is 0. The molecule has 0 aliphatic rings. The van der Waals surface area contributed by atoms with Crippen molar-refractivity contribution < 1.29 is 9.84 Å². The number of hydrogen-bond donors (Lipinski definition) is 1. The molecule has 0 aromatic heterocycles. The number of allylic oxidation sites excluding steroid dienone is 3. The van der Waals surface area contributed by atoms with E-state index in [0.717, 1.165) is 51.3 Å². The Morgan fingerprint density at radius 2 is 1.38 bits per heavy atom. The van der Waals surface area contributed by atoms with Gasteiger partial charge in [0.2, 0.25) is 0 Å². The molecule has 2 nitrogen and oxygen atoms in total. The van der Waals surface area contributed by atoms with E-state index in [4.69, 9.17) is 4.74 Å². The average molecular weight is 423 g/mol. The Labute approximate surface area is 190 Å². The van der Waals surface area contributed by atoms with Crippen LogP contribution in [-0.4, -0.2) is 11.7 Å². The molecule has 0 unspecified atom stereocenters. The molecule has 4 aromatic carbocycles. The van der Waals surface area contributed by atoms with Gasteiger partial charge in [0, 0.05) is 11.1 Å². The van der Waals surface area contributed by atoms with Crippen molar-refractivity contribution in [2.75, 3.05) is 6.61 Å². The molecule has 0 saturated carbocycles. The molecule has 0 atom stereocenters. The summed E-state index contributed by atoms with van der Waals surface area (Å²) in [6.45, 7) is 6.91. The lowest BCUT2D eigenvalue weighted by atomic mass is 9.92. The van der Waals surface area contributed by atoms with Crippen LogP contribution < -0.4 is 4.74 Å². The van der Waals surface area contributed by atoms with Gasteiger partial charge in [-0.1, -0.05) is 77.9 Å². The number of hydrogen-bond acceptors (Lipinski definition) is 2. The van der Waals surface area contributed by atoms with Crippen LogP contribution in [-0.2, 0) is 0 Å². The number of ether oxygens (including phenoxy) is 1. The lowest BCUT2D eigenvalue weighted by molar-refractivity contribution is 0.363. The van der Waals surface area contributed by atoms with Crippen molar-refractivity contribution in [3.8, 4) is 22.6 Å². The Morgan fingerprint density at radius 1 is 0.750 bits per heavy atom. The SMILES string of the molecule is CC(C)=CCCC(C)=CCOc1ccc2ccccc2c1-c1c(O)ccc2ccccc12. The Bertz CT molecular complexity index is 1310. The van der Waals surface area contributed by atoms with Crippen molar-refractivity contribution in [3.05, 3.63) is 96.1 Å². The quantitative estimate of drug-likeness (QED) is 0.303.